The van der Waals surface area contributed by atoms with Crippen LogP contribution in [-0.4, -0.2) is 36.7 Å². The van der Waals surface area contributed by atoms with Gasteiger partial charge in [-0.2, -0.15) is 0 Å². The van der Waals surface area contributed by atoms with Gasteiger partial charge in [0, 0.05) is 7.05 Å². The molecule has 3 amide bonds. The summed E-state index contributed by atoms with van der Waals surface area (Å²) in [5, 5.41) is 13.2. The third-order valence-corrected chi connectivity index (χ3v) is 2.20. The maximum atomic E-state index is 11.3. The van der Waals surface area contributed by atoms with E-state index in [0.29, 0.717) is 0 Å². The monoisotopic (exact) mass is 266 g/mol. The van der Waals surface area contributed by atoms with Crippen molar-refractivity contribution in [1.82, 2.24) is 10.6 Å². The standard InChI is InChI=1S/C12H14N2O5/c1-7-3-4-9(8(5-7)11(16)17)19-6-10(15)14-12(18)13-2/h3-5H,6H2,1-2H3,(H,16,17)(H2,13,14,15,18). The highest BCUT2D eigenvalue weighted by atomic mass is 16.5. The van der Waals surface area contributed by atoms with Crippen molar-refractivity contribution in [2.75, 3.05) is 13.7 Å². The van der Waals surface area contributed by atoms with Crippen LogP contribution in [0.1, 0.15) is 15.9 Å². The Kier molecular flexibility index (Phi) is 4.87. The summed E-state index contributed by atoms with van der Waals surface area (Å²) in [6.45, 7) is 1.30. The molecule has 0 spiro atoms. The van der Waals surface area contributed by atoms with Gasteiger partial charge >= 0.3 is 12.0 Å². The minimum Gasteiger partial charge on any atom is -0.483 e. The summed E-state index contributed by atoms with van der Waals surface area (Å²) in [4.78, 5) is 33.1. The molecule has 1 aromatic carbocycles. The molecular weight excluding hydrogens is 252 g/mol. The Morgan fingerprint density at radius 1 is 1.32 bits per heavy atom. The molecule has 3 N–H and O–H groups in total. The number of benzene rings is 1. The number of nitrogens with one attached hydrogen (secondary N) is 2. The summed E-state index contributed by atoms with van der Waals surface area (Å²) in [6.07, 6.45) is 0. The molecule has 0 atom stereocenters. The van der Waals surface area contributed by atoms with E-state index in [4.69, 9.17) is 9.84 Å². The van der Waals surface area contributed by atoms with E-state index >= 15 is 0 Å². The lowest BCUT2D eigenvalue weighted by atomic mass is 10.1. The molecule has 0 fully saturated rings. The van der Waals surface area contributed by atoms with Gasteiger partial charge in [-0.25, -0.2) is 9.59 Å². The fourth-order valence-electron chi connectivity index (χ4n) is 1.31. The highest BCUT2D eigenvalue weighted by Crippen LogP contribution is 2.19. The number of amides is 3. The Balaban J connectivity index is 2.70. The molecule has 0 saturated heterocycles. The van der Waals surface area contributed by atoms with Crippen molar-refractivity contribution >= 4 is 17.9 Å². The molecule has 0 bridgehead atoms. The second-order valence-corrected chi connectivity index (χ2v) is 3.72. The lowest BCUT2D eigenvalue weighted by Gasteiger charge is -2.09. The van der Waals surface area contributed by atoms with E-state index in [1.165, 1.54) is 19.2 Å². The average molecular weight is 266 g/mol. The molecular formula is C12H14N2O5. The van der Waals surface area contributed by atoms with Gasteiger partial charge in [0.25, 0.3) is 5.91 Å². The van der Waals surface area contributed by atoms with Gasteiger partial charge in [-0.05, 0) is 19.1 Å². The van der Waals surface area contributed by atoms with Crippen molar-refractivity contribution < 1.29 is 24.2 Å². The van der Waals surface area contributed by atoms with Crippen LogP contribution in [0.15, 0.2) is 18.2 Å². The molecule has 1 rings (SSSR count). The zero-order chi connectivity index (χ0) is 14.4. The number of carbonyl (C=O) groups excluding carboxylic acids is 2. The minimum absolute atomic E-state index is 0.0345. The summed E-state index contributed by atoms with van der Waals surface area (Å²) in [5.41, 5.74) is 0.729. The number of ether oxygens (including phenoxy) is 1. The average Bonchev–Trinajstić information content (AvgIpc) is 2.36. The summed E-state index contributed by atoms with van der Waals surface area (Å²) in [5.74, 6) is -1.74. The number of hydrogen-bond acceptors (Lipinski definition) is 4. The third kappa shape index (κ3) is 4.30. The quantitative estimate of drug-likeness (QED) is 0.737. The number of hydrogen-bond donors (Lipinski definition) is 3. The molecule has 102 valence electrons. The van der Waals surface area contributed by atoms with Crippen molar-refractivity contribution in [2.24, 2.45) is 0 Å². The number of rotatable bonds is 4. The van der Waals surface area contributed by atoms with Crippen LogP contribution in [0.5, 0.6) is 5.75 Å². The Bertz CT molecular complexity index is 513. The number of carbonyl (C=O) groups is 3. The van der Waals surface area contributed by atoms with Gasteiger partial charge in [0.2, 0.25) is 0 Å². The van der Waals surface area contributed by atoms with E-state index < -0.39 is 24.5 Å². The largest absolute Gasteiger partial charge is 0.483 e. The normalized spacial score (nSPS) is 9.58. The van der Waals surface area contributed by atoms with Gasteiger partial charge in [0.05, 0.1) is 0 Å². The number of imide groups is 1. The van der Waals surface area contributed by atoms with E-state index in [2.05, 4.69) is 5.32 Å². The fraction of sp³-hybridized carbons (Fsp3) is 0.250. The maximum absolute atomic E-state index is 11.3. The van der Waals surface area contributed by atoms with Gasteiger partial charge in [-0.3, -0.25) is 10.1 Å². The first-order valence-electron chi connectivity index (χ1n) is 5.42. The number of carboxylic acid groups (broad SMARTS) is 1. The van der Waals surface area contributed by atoms with Crippen LogP contribution in [0.2, 0.25) is 0 Å². The number of urea groups is 1. The Hall–Kier alpha value is -2.57. The van der Waals surface area contributed by atoms with Crippen LogP contribution in [0.25, 0.3) is 0 Å². The first-order valence-corrected chi connectivity index (χ1v) is 5.42. The van der Waals surface area contributed by atoms with Crippen molar-refractivity contribution in [2.45, 2.75) is 6.92 Å². The predicted octanol–water partition coefficient (Wildman–Crippen LogP) is 0.528. The summed E-state index contributed by atoms with van der Waals surface area (Å²) < 4.78 is 5.09. The van der Waals surface area contributed by atoms with Crippen LogP contribution >= 0.6 is 0 Å². The maximum Gasteiger partial charge on any atom is 0.339 e. The van der Waals surface area contributed by atoms with Crippen LogP contribution in [-0.2, 0) is 4.79 Å². The van der Waals surface area contributed by atoms with Crippen molar-refractivity contribution in [3.8, 4) is 5.75 Å². The number of aryl methyl sites for hydroxylation is 1. The van der Waals surface area contributed by atoms with Crippen LogP contribution in [0, 0.1) is 6.92 Å². The molecule has 0 aliphatic carbocycles. The molecule has 0 unspecified atom stereocenters. The number of aromatic carboxylic acids is 1. The SMILES string of the molecule is CNC(=O)NC(=O)COc1ccc(C)cc1C(=O)O. The molecule has 7 nitrogen and oxygen atoms in total. The zero-order valence-electron chi connectivity index (χ0n) is 10.5. The number of carboxylic acids is 1. The lowest BCUT2D eigenvalue weighted by Crippen LogP contribution is -2.40. The van der Waals surface area contributed by atoms with E-state index in [9.17, 15) is 14.4 Å². The molecule has 0 aliphatic rings. The molecule has 0 saturated carbocycles. The molecule has 0 heterocycles. The molecule has 0 radical (unpaired) electrons. The van der Waals surface area contributed by atoms with Gasteiger partial charge < -0.3 is 15.2 Å². The topological polar surface area (TPSA) is 105 Å². The van der Waals surface area contributed by atoms with Gasteiger partial charge in [-0.1, -0.05) is 11.6 Å². The molecule has 0 aromatic heterocycles. The van der Waals surface area contributed by atoms with Gasteiger partial charge in [0.15, 0.2) is 6.61 Å². The fourth-order valence-corrected chi connectivity index (χ4v) is 1.31. The Labute approximate surface area is 109 Å². The van der Waals surface area contributed by atoms with Gasteiger partial charge in [-0.15, -0.1) is 0 Å². The summed E-state index contributed by atoms with van der Waals surface area (Å²) in [7, 11) is 1.37. The van der Waals surface area contributed by atoms with Crippen molar-refractivity contribution in [3.05, 3.63) is 29.3 Å². The Morgan fingerprint density at radius 2 is 2.00 bits per heavy atom. The molecule has 1 aromatic rings. The smallest absolute Gasteiger partial charge is 0.339 e. The van der Waals surface area contributed by atoms with E-state index in [1.807, 2.05) is 5.32 Å². The molecule has 19 heavy (non-hydrogen) atoms. The van der Waals surface area contributed by atoms with Crippen LogP contribution in [0.3, 0.4) is 0 Å². The first kappa shape index (κ1) is 14.5. The van der Waals surface area contributed by atoms with Gasteiger partial charge in [0.1, 0.15) is 11.3 Å². The van der Waals surface area contributed by atoms with E-state index in [1.54, 1.807) is 13.0 Å². The first-order chi connectivity index (χ1) is 8.93. The summed E-state index contributed by atoms with van der Waals surface area (Å²) >= 11 is 0. The van der Waals surface area contributed by atoms with Crippen molar-refractivity contribution in [3.63, 3.8) is 0 Å². The second kappa shape index (κ2) is 6.39. The minimum atomic E-state index is -1.15. The van der Waals surface area contributed by atoms with Crippen LogP contribution in [0.4, 0.5) is 4.79 Å². The molecule has 0 aliphatic heterocycles. The van der Waals surface area contributed by atoms with Crippen LogP contribution < -0.4 is 15.4 Å². The highest BCUT2D eigenvalue weighted by molar-refractivity contribution is 5.95. The zero-order valence-corrected chi connectivity index (χ0v) is 10.5. The highest BCUT2D eigenvalue weighted by Gasteiger charge is 2.13. The predicted molar refractivity (Wildman–Crippen MR) is 66.2 cm³/mol. The van der Waals surface area contributed by atoms with E-state index in [0.717, 1.165) is 5.56 Å². The second-order valence-electron chi connectivity index (χ2n) is 3.72. The Morgan fingerprint density at radius 3 is 2.58 bits per heavy atom. The third-order valence-electron chi connectivity index (χ3n) is 2.20. The molecule has 7 heteroatoms. The van der Waals surface area contributed by atoms with Crippen molar-refractivity contribution in [1.29, 1.82) is 0 Å². The lowest BCUT2D eigenvalue weighted by molar-refractivity contribution is -0.122. The summed E-state index contributed by atoms with van der Waals surface area (Å²) in [6, 6.07) is 3.91. The van der Waals surface area contributed by atoms with E-state index in [-0.39, 0.29) is 11.3 Å².